The minimum absolute atomic E-state index is 0.000349. The van der Waals surface area contributed by atoms with E-state index in [4.69, 9.17) is 4.98 Å². The second kappa shape index (κ2) is 5.96. The largest absolute Gasteiger partial charge is 0.362 e. The van der Waals surface area contributed by atoms with Crippen LogP contribution in [0.3, 0.4) is 0 Å². The molecule has 0 radical (unpaired) electrons. The number of nitrogens with one attached hydrogen (secondary N) is 3. The number of aromatic nitrogens is 4. The molecule has 0 saturated carbocycles. The molecule has 0 fully saturated rings. The van der Waals surface area contributed by atoms with Gasteiger partial charge in [0.25, 0.3) is 0 Å². The van der Waals surface area contributed by atoms with Gasteiger partial charge >= 0.3 is 0 Å². The normalized spacial score (nSPS) is 17.4. The van der Waals surface area contributed by atoms with E-state index in [2.05, 4.69) is 73.0 Å². The molecule has 5 heterocycles. The summed E-state index contributed by atoms with van der Waals surface area (Å²) in [7, 11) is 0. The maximum Gasteiger partial charge on any atom is 0.223 e. The molecular formula is C24H26N4O. The van der Waals surface area contributed by atoms with Crippen molar-refractivity contribution in [2.24, 2.45) is 0 Å². The lowest BCUT2D eigenvalue weighted by Gasteiger charge is -2.16. The van der Waals surface area contributed by atoms with Crippen LogP contribution in [0, 0.1) is 0 Å². The van der Waals surface area contributed by atoms with Crippen molar-refractivity contribution in [2.45, 2.75) is 51.4 Å². The first-order valence-corrected chi connectivity index (χ1v) is 10.1. The molecule has 0 amide bonds. The van der Waals surface area contributed by atoms with E-state index in [9.17, 15) is 4.79 Å². The predicted octanol–water partition coefficient (Wildman–Crippen LogP) is 4.65. The number of hydrogen-bond donors (Lipinski definition) is 3. The summed E-state index contributed by atoms with van der Waals surface area (Å²) < 4.78 is 0. The topological polar surface area (TPSA) is 77.3 Å². The first-order valence-electron chi connectivity index (χ1n) is 10.1. The van der Waals surface area contributed by atoms with Crippen LogP contribution in [0.5, 0.6) is 0 Å². The lowest BCUT2D eigenvalue weighted by atomic mass is 9.87. The van der Waals surface area contributed by atoms with Crippen molar-refractivity contribution < 1.29 is 0 Å². The maximum atomic E-state index is 13.1. The SMILES string of the molecule is CC1(C)Cc2nc1cc1ccc(cc3[nH]c(cc4ccc([nH]4)c2=O)C(C)(C)C3)[nH]1. The van der Waals surface area contributed by atoms with Crippen LogP contribution in [0.1, 0.15) is 50.5 Å². The standard InChI is InChI=1S/C24H26N4O/c1-23(2)12-17-9-14-5-6-15(25-14)10-21-24(3,4)13-19(28-21)22(29)18-8-7-16(26-18)11-20(23)27-17/h5-11,25-27H,12-13H2,1-4H3. The molecule has 5 rings (SSSR count). The van der Waals surface area contributed by atoms with Gasteiger partial charge in [-0.3, -0.25) is 9.78 Å². The van der Waals surface area contributed by atoms with Gasteiger partial charge in [0.2, 0.25) is 5.43 Å². The molecule has 0 aromatic carbocycles. The number of hydrogen-bond acceptors (Lipinski definition) is 2. The lowest BCUT2D eigenvalue weighted by molar-refractivity contribution is 0.542. The Balaban J connectivity index is 1.89. The summed E-state index contributed by atoms with van der Waals surface area (Å²) in [6, 6.07) is 14.3. The van der Waals surface area contributed by atoms with Crippen molar-refractivity contribution in [2.75, 3.05) is 0 Å². The van der Waals surface area contributed by atoms with E-state index < -0.39 is 0 Å². The Labute approximate surface area is 169 Å². The van der Waals surface area contributed by atoms with Gasteiger partial charge in [0.1, 0.15) is 0 Å². The van der Waals surface area contributed by atoms with Gasteiger partial charge in [-0.05, 0) is 48.9 Å². The van der Waals surface area contributed by atoms with E-state index >= 15 is 0 Å². The zero-order valence-corrected chi connectivity index (χ0v) is 17.3. The molecule has 148 valence electrons. The van der Waals surface area contributed by atoms with Crippen LogP contribution in [-0.2, 0) is 23.7 Å². The van der Waals surface area contributed by atoms with Gasteiger partial charge in [0, 0.05) is 50.9 Å². The number of H-pyrrole nitrogens is 3. The maximum absolute atomic E-state index is 13.1. The van der Waals surface area contributed by atoms with Crippen LogP contribution >= 0.6 is 0 Å². The smallest absolute Gasteiger partial charge is 0.223 e. The summed E-state index contributed by atoms with van der Waals surface area (Å²) in [6.07, 6.45) is 1.57. The molecule has 0 aliphatic carbocycles. The van der Waals surface area contributed by atoms with Crippen LogP contribution in [0.15, 0.2) is 47.3 Å². The molecule has 5 heteroatoms. The average Bonchev–Trinajstić information content (AvgIpc) is 3.37. The molecule has 0 spiro atoms. The van der Waals surface area contributed by atoms with Crippen molar-refractivity contribution in [3.63, 3.8) is 0 Å². The summed E-state index contributed by atoms with van der Waals surface area (Å²) in [5.41, 5.74) is 7.24. The Hall–Kier alpha value is -3.08. The average molecular weight is 386 g/mol. The lowest BCUT2D eigenvalue weighted by Crippen LogP contribution is -2.17. The molecule has 3 N–H and O–H groups in total. The Morgan fingerprint density at radius 2 is 1.48 bits per heavy atom. The van der Waals surface area contributed by atoms with Crippen LogP contribution in [0.25, 0.3) is 22.1 Å². The van der Waals surface area contributed by atoms with E-state index in [-0.39, 0.29) is 16.3 Å². The number of fused-ring (bicyclic) bond motifs is 8. The van der Waals surface area contributed by atoms with Gasteiger partial charge in [-0.15, -0.1) is 0 Å². The first-order chi connectivity index (χ1) is 13.7. The van der Waals surface area contributed by atoms with E-state index in [1.54, 1.807) is 0 Å². The fourth-order valence-electron chi connectivity index (χ4n) is 4.35. The number of rotatable bonds is 0. The minimum Gasteiger partial charge on any atom is -0.362 e. The molecule has 2 aliphatic rings. The Bertz CT molecular complexity index is 1330. The quantitative estimate of drug-likeness (QED) is 0.526. The van der Waals surface area contributed by atoms with Crippen molar-refractivity contribution >= 4 is 22.1 Å². The highest BCUT2D eigenvalue weighted by atomic mass is 16.1. The highest BCUT2D eigenvalue weighted by Crippen LogP contribution is 2.31. The van der Waals surface area contributed by atoms with Crippen molar-refractivity contribution in [3.8, 4) is 0 Å². The molecular weight excluding hydrogens is 360 g/mol. The second-order valence-electron chi connectivity index (χ2n) is 9.59. The number of aromatic amines is 3. The van der Waals surface area contributed by atoms with Crippen molar-refractivity contribution in [3.05, 3.63) is 75.5 Å². The zero-order chi connectivity index (χ0) is 20.4. The zero-order valence-electron chi connectivity index (χ0n) is 17.3. The molecule has 0 saturated heterocycles. The van der Waals surface area contributed by atoms with Gasteiger partial charge in [-0.1, -0.05) is 27.7 Å². The third kappa shape index (κ3) is 3.11. The van der Waals surface area contributed by atoms with Gasteiger partial charge in [0.05, 0.1) is 11.2 Å². The van der Waals surface area contributed by atoms with Crippen LogP contribution in [0.2, 0.25) is 0 Å². The molecule has 3 aromatic rings. The van der Waals surface area contributed by atoms with Crippen LogP contribution in [-0.4, -0.2) is 19.9 Å². The molecule has 0 unspecified atom stereocenters. The molecule has 0 atom stereocenters. The predicted molar refractivity (Wildman–Crippen MR) is 117 cm³/mol. The summed E-state index contributed by atoms with van der Waals surface area (Å²) >= 11 is 0. The fraction of sp³-hybridized carbons (Fsp3) is 0.333. The third-order valence-electron chi connectivity index (χ3n) is 6.08. The highest BCUT2D eigenvalue weighted by Gasteiger charge is 2.30. The first kappa shape index (κ1) is 18.0. The minimum atomic E-state index is -0.176. The summed E-state index contributed by atoms with van der Waals surface area (Å²) in [5.74, 6) is 0. The molecule has 29 heavy (non-hydrogen) atoms. The van der Waals surface area contributed by atoms with Crippen molar-refractivity contribution in [1.82, 2.24) is 19.9 Å². The third-order valence-corrected chi connectivity index (χ3v) is 6.08. The Morgan fingerprint density at radius 3 is 2.28 bits per heavy atom. The second-order valence-corrected chi connectivity index (χ2v) is 9.59. The molecule has 5 nitrogen and oxygen atoms in total. The van der Waals surface area contributed by atoms with E-state index in [1.165, 1.54) is 5.69 Å². The monoisotopic (exact) mass is 386 g/mol. The van der Waals surface area contributed by atoms with Gasteiger partial charge in [0.15, 0.2) is 0 Å². The fourth-order valence-corrected chi connectivity index (χ4v) is 4.35. The van der Waals surface area contributed by atoms with E-state index in [0.717, 1.165) is 34.4 Å². The van der Waals surface area contributed by atoms with Gasteiger partial charge < -0.3 is 15.0 Å². The highest BCUT2D eigenvalue weighted by molar-refractivity contribution is 5.62. The summed E-state index contributed by atoms with van der Waals surface area (Å²) in [6.45, 7) is 8.74. The van der Waals surface area contributed by atoms with E-state index in [0.29, 0.717) is 17.6 Å². The van der Waals surface area contributed by atoms with Crippen LogP contribution < -0.4 is 5.43 Å². The van der Waals surface area contributed by atoms with Gasteiger partial charge in [-0.25, -0.2) is 0 Å². The Morgan fingerprint density at radius 1 is 0.793 bits per heavy atom. The van der Waals surface area contributed by atoms with E-state index in [1.807, 2.05) is 12.1 Å². The number of nitrogens with zero attached hydrogens (tertiary/aromatic N) is 1. The molecule has 3 aromatic heterocycles. The molecule has 8 bridgehead atoms. The van der Waals surface area contributed by atoms with Crippen molar-refractivity contribution in [1.29, 1.82) is 0 Å². The van der Waals surface area contributed by atoms with Crippen LogP contribution in [0.4, 0.5) is 0 Å². The van der Waals surface area contributed by atoms with Gasteiger partial charge in [-0.2, -0.15) is 0 Å². The Kier molecular flexibility index (Phi) is 3.69. The summed E-state index contributed by atoms with van der Waals surface area (Å²) in [4.78, 5) is 28.1. The summed E-state index contributed by atoms with van der Waals surface area (Å²) in [5, 5.41) is 0. The molecule has 2 aliphatic heterocycles.